The summed E-state index contributed by atoms with van der Waals surface area (Å²) in [6.07, 6.45) is 0.552. The quantitative estimate of drug-likeness (QED) is 0.835. The van der Waals surface area contributed by atoms with Crippen molar-refractivity contribution in [3.63, 3.8) is 0 Å². The lowest BCUT2D eigenvalue weighted by Gasteiger charge is -2.34. The maximum absolute atomic E-state index is 11.4. The van der Waals surface area contributed by atoms with Crippen LogP contribution in [-0.2, 0) is 0 Å². The van der Waals surface area contributed by atoms with Crippen LogP contribution < -0.4 is 10.1 Å². The second-order valence-corrected chi connectivity index (χ2v) is 5.22. The van der Waals surface area contributed by atoms with E-state index >= 15 is 0 Å². The van der Waals surface area contributed by atoms with Crippen molar-refractivity contribution >= 4 is 6.09 Å². The van der Waals surface area contributed by atoms with Gasteiger partial charge in [0.1, 0.15) is 11.8 Å². The summed E-state index contributed by atoms with van der Waals surface area (Å²) in [5.41, 5.74) is 1.07. The number of carbonyl (C=O) groups is 1. The lowest BCUT2D eigenvalue weighted by atomic mass is 10.0. The summed E-state index contributed by atoms with van der Waals surface area (Å²) in [7, 11) is 7.99. The highest BCUT2D eigenvalue weighted by Crippen LogP contribution is 2.33. The summed E-state index contributed by atoms with van der Waals surface area (Å²) in [5.74, 6) is 0.636. The summed E-state index contributed by atoms with van der Waals surface area (Å²) in [6, 6.07) is 8.01. The van der Waals surface area contributed by atoms with Crippen LogP contribution in [0.1, 0.15) is 24.9 Å². The molecule has 0 fully saturated rings. The van der Waals surface area contributed by atoms with Crippen molar-refractivity contribution in [2.24, 2.45) is 0 Å². The number of hydrogen-bond acceptors (Lipinski definition) is 2. The Labute approximate surface area is 109 Å². The van der Waals surface area contributed by atoms with Gasteiger partial charge < -0.3 is 14.5 Å². The number of quaternary nitrogens is 1. The number of hydrogen-bond donors (Lipinski definition) is 1. The number of benzene rings is 1. The Kier molecular flexibility index (Phi) is 4.73. The fraction of sp³-hybridized carbons (Fsp3) is 0.500. The van der Waals surface area contributed by atoms with Crippen LogP contribution in [0.5, 0.6) is 5.75 Å². The average molecular weight is 251 g/mol. The summed E-state index contributed by atoms with van der Waals surface area (Å²) in [6.45, 7) is 2.14. The standard InChI is InChI=1S/C14H22N2O2/c1-6-12(16(3,4)5)11-9-7-8-10-13(11)18-14(17)15-2/h7-10,12H,6H2,1-5H3/p+1. The molecule has 1 unspecified atom stereocenters. The summed E-state index contributed by atoms with van der Waals surface area (Å²) in [4.78, 5) is 11.4. The van der Waals surface area contributed by atoms with Crippen molar-refractivity contribution in [1.29, 1.82) is 0 Å². The largest absolute Gasteiger partial charge is 0.412 e. The highest BCUT2D eigenvalue weighted by atomic mass is 16.6. The molecule has 0 bridgehead atoms. The third-order valence-corrected chi connectivity index (χ3v) is 3.01. The predicted octanol–water partition coefficient (Wildman–Crippen LogP) is 2.56. The van der Waals surface area contributed by atoms with Crippen molar-refractivity contribution in [2.75, 3.05) is 28.2 Å². The van der Waals surface area contributed by atoms with Crippen LogP contribution in [0.15, 0.2) is 24.3 Å². The maximum atomic E-state index is 11.4. The van der Waals surface area contributed by atoms with Gasteiger partial charge in [-0.2, -0.15) is 0 Å². The van der Waals surface area contributed by atoms with Crippen molar-refractivity contribution in [3.05, 3.63) is 29.8 Å². The number of rotatable bonds is 4. The first-order valence-electron chi connectivity index (χ1n) is 6.19. The molecule has 1 atom stereocenters. The Bertz CT molecular complexity index is 411. The van der Waals surface area contributed by atoms with Gasteiger partial charge in [-0.05, 0) is 12.1 Å². The van der Waals surface area contributed by atoms with E-state index in [9.17, 15) is 4.79 Å². The highest BCUT2D eigenvalue weighted by molar-refractivity contribution is 5.70. The molecule has 0 aromatic heterocycles. The van der Waals surface area contributed by atoms with Gasteiger partial charge in [0.05, 0.1) is 26.7 Å². The van der Waals surface area contributed by atoms with E-state index in [2.05, 4.69) is 33.4 Å². The molecule has 1 aromatic rings. The molecule has 18 heavy (non-hydrogen) atoms. The van der Waals surface area contributed by atoms with Crippen molar-refractivity contribution in [3.8, 4) is 5.75 Å². The molecule has 0 radical (unpaired) electrons. The Hall–Kier alpha value is -1.55. The number of ether oxygens (including phenoxy) is 1. The molecule has 1 N–H and O–H groups in total. The monoisotopic (exact) mass is 251 g/mol. The lowest BCUT2D eigenvalue weighted by molar-refractivity contribution is -0.902. The maximum Gasteiger partial charge on any atom is 0.412 e. The Balaban J connectivity index is 3.11. The van der Waals surface area contributed by atoms with Gasteiger partial charge in [0.15, 0.2) is 0 Å². The number of nitrogens with one attached hydrogen (secondary N) is 1. The zero-order valence-electron chi connectivity index (χ0n) is 11.9. The lowest BCUT2D eigenvalue weighted by Crippen LogP contribution is -2.38. The van der Waals surface area contributed by atoms with Crippen LogP contribution >= 0.6 is 0 Å². The third-order valence-electron chi connectivity index (χ3n) is 3.01. The average Bonchev–Trinajstić information content (AvgIpc) is 2.30. The van der Waals surface area contributed by atoms with Gasteiger partial charge in [0.25, 0.3) is 0 Å². The fourth-order valence-corrected chi connectivity index (χ4v) is 2.18. The Morgan fingerprint density at radius 3 is 2.44 bits per heavy atom. The number of nitrogens with zero attached hydrogens (tertiary/aromatic N) is 1. The Morgan fingerprint density at radius 1 is 1.33 bits per heavy atom. The van der Waals surface area contributed by atoms with Gasteiger partial charge in [-0.1, -0.05) is 19.1 Å². The molecule has 0 saturated heterocycles. The molecule has 100 valence electrons. The molecule has 1 amide bonds. The van der Waals surface area contributed by atoms with Crippen molar-refractivity contribution in [2.45, 2.75) is 19.4 Å². The molecule has 0 aliphatic carbocycles. The van der Waals surface area contributed by atoms with Crippen LogP contribution in [0.3, 0.4) is 0 Å². The summed E-state index contributed by atoms with van der Waals surface area (Å²) in [5, 5.41) is 2.47. The van der Waals surface area contributed by atoms with Gasteiger partial charge in [-0.25, -0.2) is 4.79 Å². The van der Waals surface area contributed by atoms with Crippen LogP contribution in [-0.4, -0.2) is 38.8 Å². The van der Waals surface area contributed by atoms with Gasteiger partial charge in [-0.15, -0.1) is 0 Å². The minimum absolute atomic E-state index is 0.297. The second-order valence-electron chi connectivity index (χ2n) is 5.22. The smallest absolute Gasteiger partial charge is 0.410 e. The second kappa shape index (κ2) is 5.87. The van der Waals surface area contributed by atoms with E-state index in [0.717, 1.165) is 16.5 Å². The fourth-order valence-electron chi connectivity index (χ4n) is 2.18. The third kappa shape index (κ3) is 3.47. The predicted molar refractivity (Wildman–Crippen MR) is 72.6 cm³/mol. The first-order chi connectivity index (χ1) is 8.40. The van der Waals surface area contributed by atoms with Crippen LogP contribution in [0, 0.1) is 0 Å². The van der Waals surface area contributed by atoms with E-state index in [1.807, 2.05) is 24.3 Å². The summed E-state index contributed by atoms with van der Waals surface area (Å²) < 4.78 is 6.11. The molecule has 1 aromatic carbocycles. The van der Waals surface area contributed by atoms with E-state index in [0.29, 0.717) is 11.8 Å². The van der Waals surface area contributed by atoms with Crippen LogP contribution in [0.25, 0.3) is 0 Å². The molecule has 0 spiro atoms. The summed E-state index contributed by atoms with van der Waals surface area (Å²) >= 11 is 0. The van der Waals surface area contributed by atoms with Crippen LogP contribution in [0.2, 0.25) is 0 Å². The first-order valence-corrected chi connectivity index (χ1v) is 6.19. The molecular weight excluding hydrogens is 228 g/mol. The molecule has 0 aliphatic rings. The molecule has 0 saturated carbocycles. The SMILES string of the molecule is CCC(c1ccccc1OC(=O)NC)[N+](C)(C)C. The van der Waals surface area contributed by atoms with E-state index in [-0.39, 0.29) is 0 Å². The molecule has 4 nitrogen and oxygen atoms in total. The molecular formula is C14H23N2O2+. The van der Waals surface area contributed by atoms with Gasteiger partial charge in [-0.3, -0.25) is 0 Å². The van der Waals surface area contributed by atoms with E-state index in [1.165, 1.54) is 0 Å². The van der Waals surface area contributed by atoms with E-state index in [1.54, 1.807) is 7.05 Å². The van der Waals surface area contributed by atoms with Crippen molar-refractivity contribution < 1.29 is 14.0 Å². The first kappa shape index (κ1) is 14.5. The highest BCUT2D eigenvalue weighted by Gasteiger charge is 2.27. The number of carbonyl (C=O) groups excluding carboxylic acids is 1. The molecule has 0 aliphatic heterocycles. The normalized spacial score (nSPS) is 12.9. The van der Waals surface area contributed by atoms with Crippen molar-refractivity contribution in [1.82, 2.24) is 5.32 Å². The van der Waals surface area contributed by atoms with E-state index in [4.69, 9.17) is 4.74 Å². The molecule has 4 heteroatoms. The Morgan fingerprint density at radius 2 is 1.94 bits per heavy atom. The number of amides is 1. The van der Waals surface area contributed by atoms with Gasteiger partial charge in [0, 0.05) is 13.5 Å². The zero-order valence-corrected chi connectivity index (χ0v) is 11.9. The topological polar surface area (TPSA) is 38.3 Å². The minimum Gasteiger partial charge on any atom is -0.410 e. The van der Waals surface area contributed by atoms with Gasteiger partial charge in [0.2, 0.25) is 0 Å². The van der Waals surface area contributed by atoms with Crippen LogP contribution in [0.4, 0.5) is 4.79 Å². The molecule has 0 heterocycles. The minimum atomic E-state index is -0.432. The number of para-hydroxylation sites is 1. The zero-order chi connectivity index (χ0) is 13.8. The molecule has 1 rings (SSSR count). The van der Waals surface area contributed by atoms with Gasteiger partial charge >= 0.3 is 6.09 Å². The van der Waals surface area contributed by atoms with E-state index < -0.39 is 6.09 Å².